The van der Waals surface area contributed by atoms with Crippen LogP contribution in [-0.2, 0) is 20.8 Å². The lowest BCUT2D eigenvalue weighted by molar-refractivity contribution is -0.139. The molecule has 34 heavy (non-hydrogen) atoms. The summed E-state index contributed by atoms with van der Waals surface area (Å²) in [4.78, 5) is 36.0. The molecular formula is C25H23ClN4O4. The molecule has 0 aliphatic rings. The number of benzene rings is 3. The number of hydrogen-bond donors (Lipinski definition) is 3. The molecule has 0 spiro atoms. The summed E-state index contributed by atoms with van der Waals surface area (Å²) in [6.07, 6.45) is 1.95. The second-order valence-electron chi connectivity index (χ2n) is 7.07. The Hall–Kier alpha value is -4.17. The number of carbonyl (C=O) groups is 3. The number of anilines is 1. The maximum Gasteiger partial charge on any atom is 0.329 e. The van der Waals surface area contributed by atoms with Gasteiger partial charge < -0.3 is 15.4 Å². The van der Waals surface area contributed by atoms with Crippen molar-refractivity contribution < 1.29 is 19.1 Å². The minimum atomic E-state index is -0.884. The standard InChI is InChI=1S/C25H23ClN4O4/c26-20-10-12-21(13-11-20)29-23(31)17-34-22-9-5-4-8-19(22)16-28-30-25(33)24(32)27-15-14-18-6-2-1-3-7-18/h1-13,16H,14-15,17H2,(H,27,32)(H,29,31)(H,30,33)/b28-16-. The van der Waals surface area contributed by atoms with E-state index in [2.05, 4.69) is 21.2 Å². The Balaban J connectivity index is 1.45. The third-order valence-electron chi connectivity index (χ3n) is 4.52. The van der Waals surface area contributed by atoms with E-state index in [0.29, 0.717) is 35.0 Å². The Bertz CT molecular complexity index is 1150. The summed E-state index contributed by atoms with van der Waals surface area (Å²) < 4.78 is 5.57. The normalized spacial score (nSPS) is 10.5. The quantitative estimate of drug-likeness (QED) is 0.249. The average molecular weight is 479 g/mol. The summed E-state index contributed by atoms with van der Waals surface area (Å²) in [7, 11) is 0. The van der Waals surface area contributed by atoms with Gasteiger partial charge in [0.15, 0.2) is 6.61 Å². The van der Waals surface area contributed by atoms with E-state index in [1.165, 1.54) is 6.21 Å². The van der Waals surface area contributed by atoms with E-state index in [9.17, 15) is 14.4 Å². The molecule has 0 unspecified atom stereocenters. The van der Waals surface area contributed by atoms with Crippen molar-refractivity contribution in [3.05, 3.63) is 95.0 Å². The highest BCUT2D eigenvalue weighted by Crippen LogP contribution is 2.16. The number of ether oxygens (including phenoxy) is 1. The van der Waals surface area contributed by atoms with Crippen LogP contribution < -0.4 is 20.8 Å². The second-order valence-corrected chi connectivity index (χ2v) is 7.51. The summed E-state index contributed by atoms with van der Waals surface area (Å²) in [5, 5.41) is 9.63. The van der Waals surface area contributed by atoms with Crippen molar-refractivity contribution in [3.8, 4) is 5.75 Å². The number of carbonyl (C=O) groups excluding carboxylic acids is 3. The molecule has 0 aliphatic heterocycles. The molecule has 3 amide bonds. The van der Waals surface area contributed by atoms with Crippen LogP contribution >= 0.6 is 11.6 Å². The van der Waals surface area contributed by atoms with Crippen LogP contribution in [0.3, 0.4) is 0 Å². The molecule has 0 radical (unpaired) electrons. The lowest BCUT2D eigenvalue weighted by atomic mass is 10.1. The summed E-state index contributed by atoms with van der Waals surface area (Å²) in [6.45, 7) is 0.0956. The number of rotatable bonds is 9. The Morgan fingerprint density at radius 2 is 1.59 bits per heavy atom. The monoisotopic (exact) mass is 478 g/mol. The number of halogens is 1. The predicted octanol–water partition coefficient (Wildman–Crippen LogP) is 3.17. The fraction of sp³-hybridized carbons (Fsp3) is 0.120. The third kappa shape index (κ3) is 8.07. The summed E-state index contributed by atoms with van der Waals surface area (Å²) in [6, 6.07) is 23.2. The Kier molecular flexibility index (Phi) is 9.19. The van der Waals surface area contributed by atoms with Gasteiger partial charge in [0.1, 0.15) is 5.75 Å². The van der Waals surface area contributed by atoms with Crippen LogP contribution in [0.5, 0.6) is 5.75 Å². The van der Waals surface area contributed by atoms with Crippen LogP contribution in [0.2, 0.25) is 5.02 Å². The molecule has 174 valence electrons. The van der Waals surface area contributed by atoms with Gasteiger partial charge in [-0.2, -0.15) is 5.10 Å². The molecule has 0 fully saturated rings. The molecule has 3 rings (SSSR count). The van der Waals surface area contributed by atoms with Crippen LogP contribution in [0.1, 0.15) is 11.1 Å². The van der Waals surface area contributed by atoms with E-state index in [1.54, 1.807) is 48.5 Å². The van der Waals surface area contributed by atoms with Gasteiger partial charge in [0.05, 0.1) is 6.21 Å². The first-order valence-corrected chi connectivity index (χ1v) is 10.8. The highest BCUT2D eigenvalue weighted by atomic mass is 35.5. The van der Waals surface area contributed by atoms with E-state index < -0.39 is 11.8 Å². The molecule has 0 saturated carbocycles. The van der Waals surface area contributed by atoms with Crippen LogP contribution in [0, 0.1) is 0 Å². The molecule has 3 aromatic carbocycles. The van der Waals surface area contributed by atoms with Crippen LogP contribution in [-0.4, -0.2) is 37.1 Å². The molecule has 9 heteroatoms. The fourth-order valence-corrected chi connectivity index (χ4v) is 2.97. The Labute approximate surface area is 202 Å². The van der Waals surface area contributed by atoms with Crippen molar-refractivity contribution in [1.29, 1.82) is 0 Å². The zero-order valence-electron chi connectivity index (χ0n) is 18.2. The van der Waals surface area contributed by atoms with Crippen molar-refractivity contribution >= 4 is 41.2 Å². The molecule has 3 N–H and O–H groups in total. The van der Waals surface area contributed by atoms with Crippen molar-refractivity contribution in [3.63, 3.8) is 0 Å². The van der Waals surface area contributed by atoms with Crippen molar-refractivity contribution in [2.24, 2.45) is 5.10 Å². The maximum atomic E-state index is 12.1. The molecule has 3 aromatic rings. The van der Waals surface area contributed by atoms with Crippen LogP contribution in [0.4, 0.5) is 5.69 Å². The molecular weight excluding hydrogens is 456 g/mol. The van der Waals surface area contributed by atoms with Crippen LogP contribution in [0.15, 0.2) is 84.0 Å². The van der Waals surface area contributed by atoms with E-state index in [0.717, 1.165) is 5.56 Å². The Morgan fingerprint density at radius 1 is 0.882 bits per heavy atom. The fourth-order valence-electron chi connectivity index (χ4n) is 2.85. The summed E-state index contributed by atoms with van der Waals surface area (Å²) in [5.74, 6) is -1.63. The molecule has 0 bridgehead atoms. The van der Waals surface area contributed by atoms with Gasteiger partial charge in [-0.1, -0.05) is 54.1 Å². The molecule has 0 saturated heterocycles. The first-order chi connectivity index (χ1) is 16.5. The van der Waals surface area contributed by atoms with Crippen molar-refractivity contribution in [1.82, 2.24) is 10.7 Å². The SMILES string of the molecule is O=C(COc1ccccc1/C=N\NC(=O)C(=O)NCCc1ccccc1)Nc1ccc(Cl)cc1. The maximum absolute atomic E-state index is 12.1. The van der Waals surface area contributed by atoms with Gasteiger partial charge in [-0.3, -0.25) is 14.4 Å². The van der Waals surface area contributed by atoms with Crippen molar-refractivity contribution in [2.45, 2.75) is 6.42 Å². The van der Waals surface area contributed by atoms with Crippen molar-refractivity contribution in [2.75, 3.05) is 18.5 Å². The number of hydrogen-bond acceptors (Lipinski definition) is 5. The number of nitrogens with one attached hydrogen (secondary N) is 3. The van der Waals surface area contributed by atoms with Gasteiger partial charge in [-0.25, -0.2) is 5.43 Å². The van der Waals surface area contributed by atoms with Gasteiger partial charge in [0.2, 0.25) is 0 Å². The first kappa shape index (κ1) is 24.5. The zero-order chi connectivity index (χ0) is 24.2. The minimum absolute atomic E-state index is 0.232. The zero-order valence-corrected chi connectivity index (χ0v) is 18.9. The summed E-state index contributed by atoms with van der Waals surface area (Å²) in [5.41, 5.74) is 4.35. The van der Waals surface area contributed by atoms with Gasteiger partial charge in [-0.05, 0) is 48.4 Å². The summed E-state index contributed by atoms with van der Waals surface area (Å²) >= 11 is 5.83. The van der Waals surface area contributed by atoms with Gasteiger partial charge in [0.25, 0.3) is 5.91 Å². The lowest BCUT2D eigenvalue weighted by Gasteiger charge is -2.09. The first-order valence-electron chi connectivity index (χ1n) is 10.4. The smallest absolute Gasteiger partial charge is 0.329 e. The molecule has 0 atom stereocenters. The molecule has 0 aromatic heterocycles. The number of para-hydroxylation sites is 1. The molecule has 0 heterocycles. The molecule has 0 aliphatic carbocycles. The van der Waals surface area contributed by atoms with Gasteiger partial charge in [-0.15, -0.1) is 0 Å². The lowest BCUT2D eigenvalue weighted by Crippen LogP contribution is -2.38. The number of hydrazone groups is 1. The topological polar surface area (TPSA) is 109 Å². The van der Waals surface area contributed by atoms with Gasteiger partial charge >= 0.3 is 11.8 Å². The third-order valence-corrected chi connectivity index (χ3v) is 4.78. The van der Waals surface area contributed by atoms with E-state index in [-0.39, 0.29) is 12.5 Å². The highest BCUT2D eigenvalue weighted by Gasteiger charge is 2.12. The largest absolute Gasteiger partial charge is 0.483 e. The van der Waals surface area contributed by atoms with Crippen LogP contribution in [0.25, 0.3) is 0 Å². The Morgan fingerprint density at radius 3 is 2.35 bits per heavy atom. The minimum Gasteiger partial charge on any atom is -0.483 e. The number of nitrogens with zero attached hydrogens (tertiary/aromatic N) is 1. The van der Waals surface area contributed by atoms with E-state index in [4.69, 9.17) is 16.3 Å². The average Bonchev–Trinajstić information content (AvgIpc) is 2.85. The number of amides is 3. The predicted molar refractivity (Wildman–Crippen MR) is 131 cm³/mol. The molecule has 8 nitrogen and oxygen atoms in total. The highest BCUT2D eigenvalue weighted by molar-refractivity contribution is 6.35. The second kappa shape index (κ2) is 12.8. The van der Waals surface area contributed by atoms with Gasteiger partial charge in [0, 0.05) is 22.8 Å². The van der Waals surface area contributed by atoms with E-state index in [1.807, 2.05) is 30.3 Å². The van der Waals surface area contributed by atoms with E-state index >= 15 is 0 Å².